The van der Waals surface area contributed by atoms with Crippen molar-refractivity contribution in [1.82, 2.24) is 4.98 Å². The predicted octanol–water partition coefficient (Wildman–Crippen LogP) is 7.74. The highest BCUT2D eigenvalue weighted by molar-refractivity contribution is 6.32. The summed E-state index contributed by atoms with van der Waals surface area (Å²) in [5, 5.41) is 0.930. The molecule has 0 N–H and O–H groups in total. The van der Waals surface area contributed by atoms with E-state index in [0.717, 1.165) is 12.1 Å². The summed E-state index contributed by atoms with van der Waals surface area (Å²) in [6, 6.07) is 16.7. The van der Waals surface area contributed by atoms with Crippen molar-refractivity contribution in [2.24, 2.45) is 17.8 Å². The normalized spacial score (nSPS) is 19.8. The monoisotopic (exact) mass is 658 g/mol. The Morgan fingerprint density at radius 3 is 2.43 bits per heavy atom. The Balaban J connectivity index is 1.34. The Morgan fingerprint density at radius 1 is 1.04 bits per heavy atom. The van der Waals surface area contributed by atoms with Gasteiger partial charge in [-0.3, -0.25) is 19.3 Å². The predicted molar refractivity (Wildman–Crippen MR) is 175 cm³/mol. The van der Waals surface area contributed by atoms with Gasteiger partial charge < -0.3 is 4.74 Å². The lowest BCUT2D eigenvalue weighted by Gasteiger charge is -2.22. The first-order chi connectivity index (χ1) is 22.1. The number of alkyl halides is 1. The zero-order chi connectivity index (χ0) is 32.7. The molecule has 4 aromatic rings. The Hall–Kier alpha value is -4.40. The lowest BCUT2D eigenvalue weighted by atomic mass is 9.78. The van der Waals surface area contributed by atoms with Crippen molar-refractivity contribution in [2.75, 3.05) is 10.8 Å². The van der Waals surface area contributed by atoms with Gasteiger partial charge in [0, 0.05) is 33.8 Å². The number of hydrogen-bond donors (Lipinski definition) is 0. The topological polar surface area (TPSA) is 93.6 Å². The summed E-state index contributed by atoms with van der Waals surface area (Å²) >= 11 is 12.4. The zero-order valence-corrected chi connectivity index (χ0v) is 26.5. The smallest absolute Gasteiger partial charge is 0.339 e. The standard InChI is InChI=1S/C36H29Cl2FN2O5/c1-19-4-3-5-26-31(19)35(44)41(34(26)43)24-12-8-21(9-13-24)29-18-27(25-14-15-28(38)20(2)32(25)40-29)36(45)46-30(16-17-37)33(42)22-6-10-23(39)11-7-22/h3-4,6-15,18-19,26,30-31H,5,16-17H2,1-2H3. The molecule has 7 nitrogen and oxygen atoms in total. The van der Waals surface area contributed by atoms with E-state index in [4.69, 9.17) is 32.9 Å². The number of anilines is 1. The van der Waals surface area contributed by atoms with Gasteiger partial charge in [0.15, 0.2) is 6.10 Å². The van der Waals surface area contributed by atoms with E-state index in [0.29, 0.717) is 44.9 Å². The number of halogens is 3. The number of carbonyl (C=O) groups excluding carboxylic acids is 4. The fraction of sp³-hybridized carbons (Fsp3) is 0.250. The van der Waals surface area contributed by atoms with Crippen molar-refractivity contribution < 1.29 is 28.3 Å². The van der Waals surface area contributed by atoms with E-state index in [9.17, 15) is 23.6 Å². The van der Waals surface area contributed by atoms with Crippen LogP contribution in [0.15, 0.2) is 78.9 Å². The highest BCUT2D eigenvalue weighted by Gasteiger charge is 2.50. The zero-order valence-electron chi connectivity index (χ0n) is 25.0. The summed E-state index contributed by atoms with van der Waals surface area (Å²) in [6.07, 6.45) is 3.33. The van der Waals surface area contributed by atoms with E-state index in [2.05, 4.69) is 0 Å². The first-order valence-corrected chi connectivity index (χ1v) is 15.8. The molecule has 1 fully saturated rings. The fourth-order valence-corrected chi connectivity index (χ4v) is 6.59. The van der Waals surface area contributed by atoms with Gasteiger partial charge in [0.2, 0.25) is 17.6 Å². The Kier molecular flexibility index (Phi) is 8.77. The first kappa shape index (κ1) is 31.6. The van der Waals surface area contributed by atoms with Crippen molar-refractivity contribution in [3.8, 4) is 11.3 Å². The van der Waals surface area contributed by atoms with E-state index >= 15 is 0 Å². The van der Waals surface area contributed by atoms with Gasteiger partial charge in [-0.05, 0) is 73.4 Å². The fourth-order valence-electron chi connectivity index (χ4n) is 6.24. The summed E-state index contributed by atoms with van der Waals surface area (Å²) in [5.41, 5.74) is 2.95. The number of imide groups is 1. The molecular formula is C36H29Cl2FN2O5. The Bertz CT molecular complexity index is 1910. The summed E-state index contributed by atoms with van der Waals surface area (Å²) in [4.78, 5) is 59.5. The number of ether oxygens (including phenoxy) is 1. The minimum absolute atomic E-state index is 0.0236. The molecule has 4 unspecified atom stereocenters. The second kappa shape index (κ2) is 12.8. The highest BCUT2D eigenvalue weighted by Crippen LogP contribution is 2.41. The molecule has 0 spiro atoms. The molecule has 0 radical (unpaired) electrons. The molecule has 2 heterocycles. The van der Waals surface area contributed by atoms with Gasteiger partial charge in [0.25, 0.3) is 0 Å². The third kappa shape index (κ3) is 5.72. The minimum atomic E-state index is -1.20. The Labute approximate surface area is 275 Å². The largest absolute Gasteiger partial charge is 0.450 e. The minimum Gasteiger partial charge on any atom is -0.450 e. The van der Waals surface area contributed by atoms with Crippen LogP contribution in [0.25, 0.3) is 22.2 Å². The van der Waals surface area contributed by atoms with Crippen LogP contribution in [-0.2, 0) is 14.3 Å². The van der Waals surface area contributed by atoms with Crippen molar-refractivity contribution in [2.45, 2.75) is 32.8 Å². The number of ketones is 1. The number of carbonyl (C=O) groups is 4. The van der Waals surface area contributed by atoms with Crippen LogP contribution in [0.3, 0.4) is 0 Å². The lowest BCUT2D eigenvalue weighted by molar-refractivity contribution is -0.122. The summed E-state index contributed by atoms with van der Waals surface area (Å²) in [5.74, 6) is -2.90. The summed E-state index contributed by atoms with van der Waals surface area (Å²) < 4.78 is 19.2. The van der Waals surface area contributed by atoms with Crippen molar-refractivity contribution in [1.29, 1.82) is 0 Å². The number of aromatic nitrogens is 1. The number of allylic oxidation sites excluding steroid dienone is 2. The molecule has 0 saturated carbocycles. The molecule has 46 heavy (non-hydrogen) atoms. The SMILES string of the molecule is Cc1c(Cl)ccc2c(C(=O)OC(CCCl)C(=O)c3ccc(F)cc3)cc(-c3ccc(N4C(=O)C5CC=CC(C)C5C4=O)cc3)nc12. The second-order valence-electron chi connectivity index (χ2n) is 11.6. The van der Waals surface area contributed by atoms with Crippen LogP contribution in [0.5, 0.6) is 0 Å². The molecule has 4 atom stereocenters. The number of amides is 2. The van der Waals surface area contributed by atoms with Gasteiger partial charge in [-0.1, -0.05) is 48.9 Å². The van der Waals surface area contributed by atoms with E-state index in [1.54, 1.807) is 49.4 Å². The molecule has 1 aliphatic heterocycles. The molecule has 0 bridgehead atoms. The molecular weight excluding hydrogens is 630 g/mol. The molecule has 3 aromatic carbocycles. The van der Waals surface area contributed by atoms with Crippen LogP contribution in [0.4, 0.5) is 10.1 Å². The van der Waals surface area contributed by atoms with Gasteiger partial charge in [0.05, 0.1) is 34.3 Å². The molecule has 1 aromatic heterocycles. The quantitative estimate of drug-likeness (QED) is 0.0632. The maximum Gasteiger partial charge on any atom is 0.339 e. The van der Waals surface area contributed by atoms with Crippen LogP contribution in [0, 0.1) is 30.5 Å². The van der Waals surface area contributed by atoms with Gasteiger partial charge >= 0.3 is 5.97 Å². The van der Waals surface area contributed by atoms with Gasteiger partial charge in [-0.15, -0.1) is 11.6 Å². The van der Waals surface area contributed by atoms with Crippen LogP contribution in [-0.4, -0.2) is 40.5 Å². The van der Waals surface area contributed by atoms with Crippen LogP contribution >= 0.6 is 23.2 Å². The summed E-state index contributed by atoms with van der Waals surface area (Å²) in [6.45, 7) is 3.73. The van der Waals surface area contributed by atoms with Gasteiger partial charge in [-0.2, -0.15) is 0 Å². The van der Waals surface area contributed by atoms with E-state index in [1.165, 1.54) is 17.0 Å². The van der Waals surface area contributed by atoms with Crippen LogP contribution < -0.4 is 4.90 Å². The van der Waals surface area contributed by atoms with E-state index < -0.39 is 23.7 Å². The molecule has 1 saturated heterocycles. The number of hydrogen-bond acceptors (Lipinski definition) is 6. The number of aryl methyl sites for hydroxylation is 1. The molecule has 1 aliphatic carbocycles. The van der Waals surface area contributed by atoms with Crippen molar-refractivity contribution in [3.05, 3.63) is 106 Å². The molecule has 234 valence electrons. The average Bonchev–Trinajstić information content (AvgIpc) is 3.32. The molecule has 2 amide bonds. The number of nitrogens with zero attached hydrogens (tertiary/aromatic N) is 2. The number of benzene rings is 3. The first-order valence-electron chi connectivity index (χ1n) is 14.9. The van der Waals surface area contributed by atoms with Crippen molar-refractivity contribution >= 4 is 63.4 Å². The van der Waals surface area contributed by atoms with E-state index in [1.807, 2.05) is 19.1 Å². The molecule has 6 rings (SSSR count). The maximum atomic E-state index is 13.7. The van der Waals surface area contributed by atoms with Crippen LogP contribution in [0.2, 0.25) is 5.02 Å². The maximum absolute atomic E-state index is 13.7. The second-order valence-corrected chi connectivity index (χ2v) is 12.4. The van der Waals surface area contributed by atoms with Gasteiger partial charge in [-0.25, -0.2) is 14.2 Å². The molecule has 10 heteroatoms. The molecule has 2 aliphatic rings. The van der Waals surface area contributed by atoms with Crippen molar-refractivity contribution in [3.63, 3.8) is 0 Å². The van der Waals surface area contributed by atoms with E-state index in [-0.39, 0.29) is 53.0 Å². The highest BCUT2D eigenvalue weighted by atomic mass is 35.5. The average molecular weight is 660 g/mol. The lowest BCUT2D eigenvalue weighted by Crippen LogP contribution is -2.31. The third-order valence-corrected chi connectivity index (χ3v) is 9.35. The Morgan fingerprint density at radius 2 is 1.76 bits per heavy atom. The summed E-state index contributed by atoms with van der Waals surface area (Å²) in [7, 11) is 0. The third-order valence-electron chi connectivity index (χ3n) is 8.72. The number of fused-ring (bicyclic) bond motifs is 2. The number of rotatable bonds is 8. The van der Waals surface area contributed by atoms with Gasteiger partial charge in [0.1, 0.15) is 5.82 Å². The number of esters is 1. The van der Waals surface area contributed by atoms with Crippen LogP contribution in [0.1, 0.15) is 46.0 Å². The number of Topliss-reactive ketones (excluding diaryl/α,β-unsaturated/α-hetero) is 1. The number of pyridine rings is 1.